The summed E-state index contributed by atoms with van der Waals surface area (Å²) >= 11 is 3.44. The molecule has 0 bridgehead atoms. The second-order valence-electron chi connectivity index (χ2n) is 7.21. The van der Waals surface area contributed by atoms with Crippen LogP contribution in [0.1, 0.15) is 11.6 Å². The predicted octanol–water partition coefficient (Wildman–Crippen LogP) is 4.21. The van der Waals surface area contributed by atoms with Crippen LogP contribution in [0.5, 0.6) is 5.75 Å². The standard InChI is InChI=1S/C23H17BrN2O4/c24-14-11-12-18(27)17(13-14)20-19-21(30-26(20)16-9-5-2-6-10-16)23(29)25(22(19)28)15-7-3-1-4-8-15/h1-13,19-21,27H. The fraction of sp³-hybridized carbons (Fsp3) is 0.130. The molecule has 0 aromatic heterocycles. The molecule has 0 aliphatic carbocycles. The Labute approximate surface area is 181 Å². The van der Waals surface area contributed by atoms with Crippen molar-refractivity contribution in [3.8, 4) is 5.75 Å². The second kappa shape index (κ2) is 7.27. The van der Waals surface area contributed by atoms with Gasteiger partial charge in [-0.2, -0.15) is 0 Å². The van der Waals surface area contributed by atoms with Crippen molar-refractivity contribution in [1.29, 1.82) is 0 Å². The fourth-order valence-corrected chi connectivity index (χ4v) is 4.50. The van der Waals surface area contributed by atoms with Gasteiger partial charge in [-0.15, -0.1) is 0 Å². The van der Waals surface area contributed by atoms with Gasteiger partial charge in [-0.3, -0.25) is 14.4 Å². The zero-order valence-corrected chi connectivity index (χ0v) is 17.3. The molecule has 0 radical (unpaired) electrons. The van der Waals surface area contributed by atoms with Crippen LogP contribution < -0.4 is 9.96 Å². The average Bonchev–Trinajstić information content (AvgIpc) is 3.27. The smallest absolute Gasteiger partial charge is 0.266 e. The normalized spacial score (nSPS) is 23.2. The monoisotopic (exact) mass is 464 g/mol. The van der Waals surface area contributed by atoms with Crippen LogP contribution in [0.25, 0.3) is 0 Å². The van der Waals surface area contributed by atoms with Crippen molar-refractivity contribution < 1.29 is 19.5 Å². The van der Waals surface area contributed by atoms with Gasteiger partial charge in [0.2, 0.25) is 5.91 Å². The Morgan fingerprint density at radius 2 is 1.47 bits per heavy atom. The Hall–Kier alpha value is -3.16. The van der Waals surface area contributed by atoms with E-state index in [9.17, 15) is 14.7 Å². The first-order valence-corrected chi connectivity index (χ1v) is 10.3. The van der Waals surface area contributed by atoms with Crippen molar-refractivity contribution in [1.82, 2.24) is 0 Å². The first kappa shape index (κ1) is 18.8. The lowest BCUT2D eigenvalue weighted by molar-refractivity contribution is -0.126. The number of anilines is 2. The van der Waals surface area contributed by atoms with Crippen LogP contribution in [-0.2, 0) is 14.4 Å². The first-order valence-electron chi connectivity index (χ1n) is 9.48. The lowest BCUT2D eigenvalue weighted by Crippen LogP contribution is -2.37. The van der Waals surface area contributed by atoms with Gasteiger partial charge in [-0.25, -0.2) is 9.96 Å². The maximum atomic E-state index is 13.5. The largest absolute Gasteiger partial charge is 0.508 e. The van der Waals surface area contributed by atoms with Crippen molar-refractivity contribution in [3.63, 3.8) is 0 Å². The Bertz CT molecular complexity index is 1120. The van der Waals surface area contributed by atoms with E-state index in [0.29, 0.717) is 16.9 Å². The van der Waals surface area contributed by atoms with Crippen LogP contribution in [0, 0.1) is 5.92 Å². The molecule has 2 aliphatic rings. The van der Waals surface area contributed by atoms with Crippen LogP contribution in [0.2, 0.25) is 0 Å². The number of amides is 2. The number of aromatic hydroxyl groups is 1. The number of hydrogen-bond acceptors (Lipinski definition) is 5. The summed E-state index contributed by atoms with van der Waals surface area (Å²) in [5, 5.41) is 12.2. The Morgan fingerprint density at radius 1 is 0.833 bits per heavy atom. The van der Waals surface area contributed by atoms with E-state index in [1.807, 2.05) is 36.4 Å². The van der Waals surface area contributed by atoms with Crippen molar-refractivity contribution in [2.45, 2.75) is 12.1 Å². The number of hydrogen-bond donors (Lipinski definition) is 1. The topological polar surface area (TPSA) is 70.1 Å². The van der Waals surface area contributed by atoms with Gasteiger partial charge in [0, 0.05) is 10.0 Å². The van der Waals surface area contributed by atoms with E-state index >= 15 is 0 Å². The molecule has 2 amide bonds. The number of rotatable bonds is 3. The van der Waals surface area contributed by atoms with Crippen LogP contribution in [-0.4, -0.2) is 23.0 Å². The third-order valence-electron chi connectivity index (χ3n) is 5.45. The van der Waals surface area contributed by atoms with Gasteiger partial charge >= 0.3 is 0 Å². The molecule has 6 nitrogen and oxygen atoms in total. The molecule has 0 saturated carbocycles. The van der Waals surface area contributed by atoms with E-state index in [1.165, 1.54) is 4.90 Å². The minimum absolute atomic E-state index is 0.0341. The summed E-state index contributed by atoms with van der Waals surface area (Å²) in [6, 6.07) is 22.4. The van der Waals surface area contributed by atoms with Gasteiger partial charge in [0.15, 0.2) is 6.10 Å². The third kappa shape index (κ3) is 2.89. The van der Waals surface area contributed by atoms with Gasteiger partial charge in [0.05, 0.1) is 17.4 Å². The maximum absolute atomic E-state index is 13.5. The molecule has 3 aromatic rings. The van der Waals surface area contributed by atoms with E-state index in [1.54, 1.807) is 47.5 Å². The number of benzene rings is 3. The fourth-order valence-electron chi connectivity index (χ4n) is 4.12. The molecular formula is C23H17BrN2O4. The number of hydroxylamine groups is 1. The molecule has 2 aliphatic heterocycles. The molecule has 3 aromatic carbocycles. The van der Waals surface area contributed by atoms with Crippen molar-refractivity contribution in [2.75, 3.05) is 9.96 Å². The summed E-state index contributed by atoms with van der Waals surface area (Å²) in [4.78, 5) is 33.9. The molecule has 7 heteroatoms. The van der Waals surface area contributed by atoms with E-state index in [4.69, 9.17) is 4.84 Å². The van der Waals surface area contributed by atoms with E-state index in [2.05, 4.69) is 15.9 Å². The van der Waals surface area contributed by atoms with Crippen LogP contribution in [0.3, 0.4) is 0 Å². The first-order chi connectivity index (χ1) is 14.6. The summed E-state index contributed by atoms with van der Waals surface area (Å²) < 4.78 is 0.753. The van der Waals surface area contributed by atoms with Gasteiger partial charge in [0.1, 0.15) is 11.7 Å². The zero-order valence-electron chi connectivity index (χ0n) is 15.7. The van der Waals surface area contributed by atoms with Crippen molar-refractivity contribution in [2.24, 2.45) is 5.92 Å². The molecular weight excluding hydrogens is 448 g/mol. The highest BCUT2D eigenvalue weighted by molar-refractivity contribution is 9.10. The molecule has 5 rings (SSSR count). The summed E-state index contributed by atoms with van der Waals surface area (Å²) in [5.74, 6) is -1.52. The van der Waals surface area contributed by atoms with E-state index in [-0.39, 0.29) is 11.7 Å². The van der Waals surface area contributed by atoms with Gasteiger partial charge in [-0.1, -0.05) is 52.3 Å². The van der Waals surface area contributed by atoms with Crippen LogP contribution in [0.4, 0.5) is 11.4 Å². The van der Waals surface area contributed by atoms with Gasteiger partial charge in [0.25, 0.3) is 5.91 Å². The van der Waals surface area contributed by atoms with E-state index < -0.39 is 24.0 Å². The number of halogens is 1. The number of carbonyl (C=O) groups excluding carboxylic acids is 2. The number of carbonyl (C=O) groups is 2. The molecule has 2 fully saturated rings. The SMILES string of the molecule is O=C1C2ON(c3ccccc3)C(c3cc(Br)ccc3O)C2C(=O)N1c1ccccc1. The minimum atomic E-state index is -0.971. The van der Waals surface area contributed by atoms with E-state index in [0.717, 1.165) is 4.47 Å². The maximum Gasteiger partial charge on any atom is 0.266 e. The predicted molar refractivity (Wildman–Crippen MR) is 115 cm³/mol. The number of fused-ring (bicyclic) bond motifs is 1. The molecule has 2 heterocycles. The van der Waals surface area contributed by atoms with Crippen molar-refractivity contribution >= 4 is 39.1 Å². The molecule has 1 N–H and O–H groups in total. The highest BCUT2D eigenvalue weighted by atomic mass is 79.9. The van der Waals surface area contributed by atoms with Gasteiger partial charge in [-0.05, 0) is 42.5 Å². The lowest BCUT2D eigenvalue weighted by atomic mass is 9.90. The minimum Gasteiger partial charge on any atom is -0.508 e. The molecule has 3 atom stereocenters. The number of phenolic OH excluding ortho intramolecular Hbond substituents is 1. The second-order valence-corrected chi connectivity index (χ2v) is 8.12. The molecule has 30 heavy (non-hydrogen) atoms. The zero-order chi connectivity index (χ0) is 20.8. The lowest BCUT2D eigenvalue weighted by Gasteiger charge is -2.29. The van der Waals surface area contributed by atoms with Crippen LogP contribution in [0.15, 0.2) is 83.3 Å². The quantitative estimate of drug-likeness (QED) is 0.588. The highest BCUT2D eigenvalue weighted by Crippen LogP contribution is 2.49. The highest BCUT2D eigenvalue weighted by Gasteiger charge is 2.60. The molecule has 150 valence electrons. The van der Waals surface area contributed by atoms with Crippen molar-refractivity contribution in [3.05, 3.63) is 88.9 Å². The number of phenols is 1. The Morgan fingerprint density at radius 3 is 2.13 bits per heavy atom. The number of imide groups is 1. The summed E-state index contributed by atoms with van der Waals surface area (Å²) in [5.41, 5.74) is 1.72. The Balaban J connectivity index is 1.63. The summed E-state index contributed by atoms with van der Waals surface area (Å²) in [7, 11) is 0. The average molecular weight is 465 g/mol. The summed E-state index contributed by atoms with van der Waals surface area (Å²) in [6.45, 7) is 0. The van der Waals surface area contributed by atoms with Gasteiger partial charge < -0.3 is 5.11 Å². The number of para-hydroxylation sites is 2. The van der Waals surface area contributed by atoms with Crippen LogP contribution >= 0.6 is 15.9 Å². The summed E-state index contributed by atoms with van der Waals surface area (Å²) in [6.07, 6.45) is -0.971. The molecule has 0 spiro atoms. The number of nitrogens with zero attached hydrogens (tertiary/aromatic N) is 2. The Kier molecular flexibility index (Phi) is 4.56. The molecule has 3 unspecified atom stereocenters. The molecule has 2 saturated heterocycles. The third-order valence-corrected chi connectivity index (χ3v) is 5.94.